The van der Waals surface area contributed by atoms with E-state index in [9.17, 15) is 4.79 Å². The van der Waals surface area contributed by atoms with E-state index in [1.165, 1.54) is 0 Å². The van der Waals surface area contributed by atoms with E-state index in [1.807, 2.05) is 55.5 Å². The number of nitrogens with zero attached hydrogens (tertiary/aromatic N) is 1. The second kappa shape index (κ2) is 8.34. The first-order valence-electron chi connectivity index (χ1n) is 10.4. The normalized spacial score (nSPS) is 16.3. The van der Waals surface area contributed by atoms with Gasteiger partial charge in [0.2, 0.25) is 5.78 Å². The van der Waals surface area contributed by atoms with Crippen molar-refractivity contribution in [1.82, 2.24) is 4.90 Å². The molecule has 0 fully saturated rings. The molecule has 0 unspecified atom stereocenters. The summed E-state index contributed by atoms with van der Waals surface area (Å²) in [6, 6.07) is 17.2. The minimum atomic E-state index is -0.137. The molecule has 0 amide bonds. The highest BCUT2D eigenvalue weighted by atomic mass is 35.5. The van der Waals surface area contributed by atoms with Crippen LogP contribution in [0.2, 0.25) is 5.02 Å². The molecule has 0 N–H and O–H groups in total. The minimum absolute atomic E-state index is 0.137. The van der Waals surface area contributed by atoms with Crippen molar-refractivity contribution in [3.05, 3.63) is 93.2 Å². The Morgan fingerprint density at radius 1 is 1.16 bits per heavy atom. The molecule has 3 aromatic carbocycles. The van der Waals surface area contributed by atoms with Gasteiger partial charge in [-0.15, -0.1) is 0 Å². The molecule has 0 atom stereocenters. The summed E-state index contributed by atoms with van der Waals surface area (Å²) in [5.74, 6) is 2.30. The number of carbonyl (C=O) groups excluding carboxylic acids is 1. The summed E-state index contributed by atoms with van der Waals surface area (Å²) in [4.78, 5) is 15.3. The largest absolute Gasteiger partial charge is 0.496 e. The summed E-state index contributed by atoms with van der Waals surface area (Å²) in [6.07, 6.45) is 1.70. The predicted molar refractivity (Wildman–Crippen MR) is 123 cm³/mol. The molecule has 2 aliphatic rings. The number of fused-ring (bicyclic) bond motifs is 3. The van der Waals surface area contributed by atoms with Crippen LogP contribution in [0.5, 0.6) is 17.2 Å². The Balaban J connectivity index is 1.47. The lowest BCUT2D eigenvalue weighted by atomic mass is 9.98. The maximum absolute atomic E-state index is 13.2. The standard InChI is InChI=1S/C26H22ClNO4/c1-16-11-22-19(14-28(15-31-22)13-18-8-4-6-10-21(18)30-2)26-24(16)25(29)23(32-26)12-17-7-3-5-9-20(17)27/h3-12H,13-15H2,1-2H3/b23-12-. The van der Waals surface area contributed by atoms with Crippen molar-refractivity contribution in [3.8, 4) is 17.2 Å². The number of methoxy groups -OCH3 is 1. The van der Waals surface area contributed by atoms with Gasteiger partial charge in [0.05, 0.1) is 18.2 Å². The molecular weight excluding hydrogens is 426 g/mol. The Morgan fingerprint density at radius 2 is 1.94 bits per heavy atom. The summed E-state index contributed by atoms with van der Waals surface area (Å²) in [6.45, 7) is 3.61. The number of benzene rings is 3. The monoisotopic (exact) mass is 447 g/mol. The number of hydrogen-bond donors (Lipinski definition) is 0. The molecule has 2 aliphatic heterocycles. The van der Waals surface area contributed by atoms with E-state index >= 15 is 0 Å². The van der Waals surface area contributed by atoms with Gasteiger partial charge in [0.15, 0.2) is 5.76 Å². The van der Waals surface area contributed by atoms with Gasteiger partial charge in [0.25, 0.3) is 0 Å². The number of Topliss-reactive ketones (excluding diaryl/α,β-unsaturated/α-hetero) is 1. The zero-order chi connectivity index (χ0) is 22.2. The molecule has 162 valence electrons. The van der Waals surface area contributed by atoms with Crippen molar-refractivity contribution in [2.45, 2.75) is 20.0 Å². The van der Waals surface area contributed by atoms with Gasteiger partial charge in [0, 0.05) is 23.7 Å². The Bertz CT molecular complexity index is 1250. The predicted octanol–water partition coefficient (Wildman–Crippen LogP) is 5.63. The molecule has 0 saturated heterocycles. The number of hydrogen-bond acceptors (Lipinski definition) is 5. The molecule has 5 nitrogen and oxygen atoms in total. The molecule has 0 saturated carbocycles. The van der Waals surface area contributed by atoms with E-state index in [4.69, 9.17) is 25.8 Å². The van der Waals surface area contributed by atoms with E-state index in [-0.39, 0.29) is 11.5 Å². The van der Waals surface area contributed by atoms with Gasteiger partial charge in [-0.1, -0.05) is 48.0 Å². The maximum atomic E-state index is 13.2. The van der Waals surface area contributed by atoms with Crippen LogP contribution in [0.15, 0.2) is 60.4 Å². The van der Waals surface area contributed by atoms with Gasteiger partial charge in [-0.05, 0) is 42.3 Å². The first kappa shape index (κ1) is 20.6. The van der Waals surface area contributed by atoms with Crippen molar-refractivity contribution in [1.29, 1.82) is 0 Å². The molecule has 2 heterocycles. The summed E-state index contributed by atoms with van der Waals surface area (Å²) in [5, 5.41) is 0.567. The molecule has 0 bridgehead atoms. The number of ether oxygens (including phenoxy) is 3. The van der Waals surface area contributed by atoms with Crippen LogP contribution in [0.1, 0.15) is 32.6 Å². The molecule has 3 aromatic rings. The Kier molecular flexibility index (Phi) is 5.37. The summed E-state index contributed by atoms with van der Waals surface area (Å²) < 4.78 is 17.7. The molecule has 0 spiro atoms. The maximum Gasteiger partial charge on any atom is 0.232 e. The third-order valence-electron chi connectivity index (χ3n) is 5.77. The smallest absolute Gasteiger partial charge is 0.232 e. The van der Waals surface area contributed by atoms with Gasteiger partial charge in [-0.3, -0.25) is 9.69 Å². The van der Waals surface area contributed by atoms with Gasteiger partial charge >= 0.3 is 0 Å². The average Bonchev–Trinajstić information content (AvgIpc) is 3.13. The van der Waals surface area contributed by atoms with E-state index in [1.54, 1.807) is 19.3 Å². The van der Waals surface area contributed by atoms with E-state index in [2.05, 4.69) is 4.90 Å². The van der Waals surface area contributed by atoms with Crippen molar-refractivity contribution in [2.75, 3.05) is 13.8 Å². The number of ketones is 1. The van der Waals surface area contributed by atoms with Crippen molar-refractivity contribution < 1.29 is 19.0 Å². The highest BCUT2D eigenvalue weighted by molar-refractivity contribution is 6.32. The molecule has 0 aromatic heterocycles. The first-order chi connectivity index (χ1) is 15.5. The second-order valence-corrected chi connectivity index (χ2v) is 8.32. The van der Waals surface area contributed by atoms with Gasteiger partial charge in [-0.2, -0.15) is 0 Å². The molecule has 0 radical (unpaired) electrons. The van der Waals surface area contributed by atoms with Crippen molar-refractivity contribution >= 4 is 23.5 Å². The fourth-order valence-electron chi connectivity index (χ4n) is 4.19. The van der Waals surface area contributed by atoms with Crippen LogP contribution >= 0.6 is 11.6 Å². The van der Waals surface area contributed by atoms with Crippen LogP contribution in [0, 0.1) is 6.92 Å². The van der Waals surface area contributed by atoms with Crippen molar-refractivity contribution in [2.24, 2.45) is 0 Å². The average molecular weight is 448 g/mol. The molecule has 5 rings (SSSR count). The zero-order valence-electron chi connectivity index (χ0n) is 17.9. The van der Waals surface area contributed by atoms with Gasteiger partial charge in [-0.25, -0.2) is 0 Å². The highest BCUT2D eigenvalue weighted by Crippen LogP contribution is 2.44. The van der Waals surface area contributed by atoms with Gasteiger partial charge in [0.1, 0.15) is 24.0 Å². The van der Waals surface area contributed by atoms with E-state index in [0.29, 0.717) is 36.2 Å². The van der Waals surface area contributed by atoms with Crippen LogP contribution in [-0.4, -0.2) is 24.5 Å². The first-order valence-corrected chi connectivity index (χ1v) is 10.7. The lowest BCUT2D eigenvalue weighted by Crippen LogP contribution is -2.32. The molecule has 6 heteroatoms. The van der Waals surface area contributed by atoms with Crippen LogP contribution in [0.25, 0.3) is 6.08 Å². The molecule has 0 aliphatic carbocycles. The summed E-state index contributed by atoms with van der Waals surface area (Å²) >= 11 is 6.28. The third-order valence-corrected chi connectivity index (χ3v) is 6.11. The van der Waals surface area contributed by atoms with Crippen LogP contribution in [0.4, 0.5) is 0 Å². The fourth-order valence-corrected chi connectivity index (χ4v) is 4.38. The van der Waals surface area contributed by atoms with E-state index in [0.717, 1.165) is 33.8 Å². The Morgan fingerprint density at radius 3 is 2.75 bits per heavy atom. The Labute approximate surface area is 191 Å². The minimum Gasteiger partial charge on any atom is -0.496 e. The fraction of sp³-hybridized carbons (Fsp3) is 0.192. The number of para-hydroxylation sites is 1. The van der Waals surface area contributed by atoms with Crippen LogP contribution in [0.3, 0.4) is 0 Å². The Hall–Kier alpha value is -3.28. The lowest BCUT2D eigenvalue weighted by Gasteiger charge is -2.30. The molecule has 32 heavy (non-hydrogen) atoms. The lowest BCUT2D eigenvalue weighted by molar-refractivity contribution is 0.0864. The third kappa shape index (κ3) is 3.64. The number of rotatable bonds is 4. The second-order valence-electron chi connectivity index (χ2n) is 7.91. The highest BCUT2D eigenvalue weighted by Gasteiger charge is 2.35. The van der Waals surface area contributed by atoms with E-state index < -0.39 is 0 Å². The zero-order valence-corrected chi connectivity index (χ0v) is 18.6. The van der Waals surface area contributed by atoms with Crippen LogP contribution < -0.4 is 14.2 Å². The molecular formula is C26H22ClNO4. The number of aryl methyl sites for hydroxylation is 1. The number of allylic oxidation sites excluding steroid dienone is 1. The number of halogens is 1. The quantitative estimate of drug-likeness (QED) is 0.485. The topological polar surface area (TPSA) is 48.0 Å². The van der Waals surface area contributed by atoms with Crippen molar-refractivity contribution in [3.63, 3.8) is 0 Å². The van der Waals surface area contributed by atoms with Crippen LogP contribution in [-0.2, 0) is 13.1 Å². The SMILES string of the molecule is COc1ccccc1CN1COc2cc(C)c3c(c2C1)O/C(=C\c1ccccc1Cl)C3=O. The summed E-state index contributed by atoms with van der Waals surface area (Å²) in [5.41, 5.74) is 4.12. The summed E-state index contributed by atoms with van der Waals surface area (Å²) in [7, 11) is 1.67. The number of carbonyl (C=O) groups is 1. The van der Waals surface area contributed by atoms with Gasteiger partial charge < -0.3 is 14.2 Å².